The average molecular weight is 391 g/mol. The first-order chi connectivity index (χ1) is 13.8. The van der Waals surface area contributed by atoms with Gasteiger partial charge in [0.15, 0.2) is 0 Å². The van der Waals surface area contributed by atoms with Crippen molar-refractivity contribution in [1.82, 2.24) is 4.98 Å². The van der Waals surface area contributed by atoms with Gasteiger partial charge in [0.05, 0.1) is 10.2 Å². The molecule has 28 heavy (non-hydrogen) atoms. The van der Waals surface area contributed by atoms with Gasteiger partial charge >= 0.3 is 0 Å². The molecular weight excluding hydrogens is 360 g/mol. The van der Waals surface area contributed by atoms with E-state index < -0.39 is 0 Å². The summed E-state index contributed by atoms with van der Waals surface area (Å²) in [6.45, 7) is 6.81. The van der Waals surface area contributed by atoms with Crippen LogP contribution in [0.3, 0.4) is 0 Å². The highest BCUT2D eigenvalue weighted by Gasteiger charge is 2.05. The molecule has 2 aromatic carbocycles. The Morgan fingerprint density at radius 2 is 1.54 bits per heavy atom. The number of para-hydroxylation sites is 1. The van der Waals surface area contributed by atoms with Gasteiger partial charge in [-0.25, -0.2) is 4.98 Å². The van der Waals surface area contributed by atoms with E-state index in [-0.39, 0.29) is 0 Å². The monoisotopic (exact) mass is 390 g/mol. The highest BCUT2D eigenvalue weighted by Crippen LogP contribution is 2.22. The Labute approximate surface area is 173 Å². The fourth-order valence-electron chi connectivity index (χ4n) is 3.13. The number of aromatic nitrogens is 1. The van der Waals surface area contributed by atoms with Crippen molar-refractivity contribution in [2.75, 3.05) is 18.0 Å². The van der Waals surface area contributed by atoms with Gasteiger partial charge in [-0.15, -0.1) is 11.3 Å². The Hall–Kier alpha value is -2.39. The molecule has 3 aromatic rings. The first-order valence-corrected chi connectivity index (χ1v) is 11.2. The predicted molar refractivity (Wildman–Crippen MR) is 126 cm³/mol. The topological polar surface area (TPSA) is 16.1 Å². The second-order valence-electron chi connectivity index (χ2n) is 7.02. The minimum atomic E-state index is 1.05. The Kier molecular flexibility index (Phi) is 7.86. The van der Waals surface area contributed by atoms with Crippen LogP contribution in [0.15, 0.2) is 60.7 Å². The SMILES string of the molecule is CCCCN(CCCC)c1ccc(/C=C/C=C/c2nc3ccccc3s2)cc1. The van der Waals surface area contributed by atoms with Crippen LogP contribution in [0.25, 0.3) is 22.4 Å². The van der Waals surface area contributed by atoms with Crippen LogP contribution in [-0.4, -0.2) is 18.1 Å². The van der Waals surface area contributed by atoms with Crippen LogP contribution in [0.5, 0.6) is 0 Å². The molecule has 0 fully saturated rings. The van der Waals surface area contributed by atoms with E-state index in [1.807, 2.05) is 6.07 Å². The van der Waals surface area contributed by atoms with Crippen molar-refractivity contribution in [1.29, 1.82) is 0 Å². The normalized spacial score (nSPS) is 11.8. The van der Waals surface area contributed by atoms with Gasteiger partial charge in [-0.1, -0.05) is 69.2 Å². The van der Waals surface area contributed by atoms with Crippen molar-refractivity contribution in [3.8, 4) is 0 Å². The van der Waals surface area contributed by atoms with Crippen LogP contribution in [-0.2, 0) is 0 Å². The molecule has 3 rings (SSSR count). The van der Waals surface area contributed by atoms with Gasteiger partial charge in [0.25, 0.3) is 0 Å². The number of thiazole rings is 1. The molecule has 0 saturated heterocycles. The number of nitrogens with zero attached hydrogens (tertiary/aromatic N) is 2. The Bertz CT molecular complexity index is 865. The number of anilines is 1. The largest absolute Gasteiger partial charge is 0.372 e. The molecule has 1 heterocycles. The standard InChI is InChI=1S/C25H30N2S/c1-3-5-19-27(20-6-4-2)22-17-15-21(16-18-22)11-7-10-14-25-26-23-12-8-9-13-24(23)28-25/h7-18H,3-6,19-20H2,1-2H3/b11-7+,14-10+. The third-order valence-corrected chi connectivity index (χ3v) is 5.77. The molecule has 2 nitrogen and oxygen atoms in total. The summed E-state index contributed by atoms with van der Waals surface area (Å²) in [6.07, 6.45) is 13.4. The van der Waals surface area contributed by atoms with Gasteiger partial charge in [0, 0.05) is 18.8 Å². The van der Waals surface area contributed by atoms with Gasteiger partial charge in [-0.3, -0.25) is 0 Å². The van der Waals surface area contributed by atoms with E-state index in [2.05, 4.69) is 90.5 Å². The van der Waals surface area contributed by atoms with Crippen molar-refractivity contribution in [3.05, 3.63) is 71.3 Å². The van der Waals surface area contributed by atoms with E-state index in [0.717, 1.165) is 23.6 Å². The minimum absolute atomic E-state index is 1.05. The fourth-order valence-corrected chi connectivity index (χ4v) is 4.01. The third-order valence-electron chi connectivity index (χ3n) is 4.77. The maximum absolute atomic E-state index is 4.63. The molecule has 0 aliphatic heterocycles. The lowest BCUT2D eigenvalue weighted by atomic mass is 10.1. The van der Waals surface area contributed by atoms with Crippen molar-refractivity contribution in [2.24, 2.45) is 0 Å². The summed E-state index contributed by atoms with van der Waals surface area (Å²) in [5.41, 5.74) is 3.63. The number of benzene rings is 2. The number of unbranched alkanes of at least 4 members (excludes halogenated alkanes) is 2. The molecule has 0 saturated carbocycles. The summed E-state index contributed by atoms with van der Waals surface area (Å²) in [5, 5.41) is 1.05. The maximum Gasteiger partial charge on any atom is 0.117 e. The summed E-state index contributed by atoms with van der Waals surface area (Å²) in [6, 6.07) is 17.2. The second kappa shape index (κ2) is 10.8. The van der Waals surface area contributed by atoms with Gasteiger partial charge in [-0.2, -0.15) is 0 Å². The first kappa shape index (κ1) is 20.3. The summed E-state index contributed by atoms with van der Waals surface area (Å²) < 4.78 is 1.23. The highest BCUT2D eigenvalue weighted by molar-refractivity contribution is 7.19. The van der Waals surface area contributed by atoms with Crippen molar-refractivity contribution in [2.45, 2.75) is 39.5 Å². The van der Waals surface area contributed by atoms with E-state index in [1.54, 1.807) is 11.3 Å². The van der Waals surface area contributed by atoms with Gasteiger partial charge in [0.2, 0.25) is 0 Å². The lowest BCUT2D eigenvalue weighted by molar-refractivity contribution is 0.678. The van der Waals surface area contributed by atoms with Gasteiger partial charge in [0.1, 0.15) is 5.01 Å². The Balaban J connectivity index is 1.60. The van der Waals surface area contributed by atoms with Gasteiger partial charge in [-0.05, 0) is 48.7 Å². The molecule has 0 aliphatic carbocycles. The molecular formula is C25H30N2S. The lowest BCUT2D eigenvalue weighted by Crippen LogP contribution is -2.25. The van der Waals surface area contributed by atoms with E-state index in [1.165, 1.54) is 41.6 Å². The summed E-state index contributed by atoms with van der Waals surface area (Å²) in [5.74, 6) is 0. The predicted octanol–water partition coefficient (Wildman–Crippen LogP) is 7.43. The number of rotatable bonds is 10. The van der Waals surface area contributed by atoms with Crippen LogP contribution in [0.2, 0.25) is 0 Å². The zero-order valence-corrected chi connectivity index (χ0v) is 17.8. The summed E-state index contributed by atoms with van der Waals surface area (Å²) in [4.78, 5) is 7.15. The molecule has 0 bridgehead atoms. The van der Waals surface area contributed by atoms with Crippen LogP contribution >= 0.6 is 11.3 Å². The highest BCUT2D eigenvalue weighted by atomic mass is 32.1. The van der Waals surface area contributed by atoms with E-state index in [4.69, 9.17) is 0 Å². The van der Waals surface area contributed by atoms with Gasteiger partial charge < -0.3 is 4.90 Å². The Morgan fingerprint density at radius 1 is 0.857 bits per heavy atom. The molecule has 3 heteroatoms. The fraction of sp³-hybridized carbons (Fsp3) is 0.320. The zero-order valence-electron chi connectivity index (χ0n) is 17.0. The zero-order chi connectivity index (χ0) is 19.6. The lowest BCUT2D eigenvalue weighted by Gasteiger charge is -2.24. The molecule has 0 aliphatic rings. The quantitative estimate of drug-likeness (QED) is 0.335. The first-order valence-electron chi connectivity index (χ1n) is 10.4. The van der Waals surface area contributed by atoms with E-state index >= 15 is 0 Å². The molecule has 0 N–H and O–H groups in total. The maximum atomic E-state index is 4.63. The summed E-state index contributed by atoms with van der Waals surface area (Å²) >= 11 is 1.72. The van der Waals surface area contributed by atoms with Crippen LogP contribution in [0, 0.1) is 0 Å². The van der Waals surface area contributed by atoms with Crippen LogP contribution in [0.1, 0.15) is 50.1 Å². The number of hydrogen-bond acceptors (Lipinski definition) is 3. The molecule has 146 valence electrons. The van der Waals surface area contributed by atoms with E-state index in [9.17, 15) is 0 Å². The van der Waals surface area contributed by atoms with Crippen LogP contribution < -0.4 is 4.90 Å². The number of hydrogen-bond donors (Lipinski definition) is 0. The van der Waals surface area contributed by atoms with Crippen LogP contribution in [0.4, 0.5) is 5.69 Å². The molecule has 0 radical (unpaired) electrons. The number of fused-ring (bicyclic) bond motifs is 1. The minimum Gasteiger partial charge on any atom is -0.372 e. The smallest absolute Gasteiger partial charge is 0.117 e. The number of allylic oxidation sites excluding steroid dienone is 2. The molecule has 0 amide bonds. The molecule has 1 aromatic heterocycles. The molecule has 0 atom stereocenters. The molecule has 0 spiro atoms. The van der Waals surface area contributed by atoms with Crippen molar-refractivity contribution in [3.63, 3.8) is 0 Å². The summed E-state index contributed by atoms with van der Waals surface area (Å²) in [7, 11) is 0. The van der Waals surface area contributed by atoms with Crippen molar-refractivity contribution < 1.29 is 0 Å². The van der Waals surface area contributed by atoms with Crippen molar-refractivity contribution >= 4 is 39.4 Å². The Morgan fingerprint density at radius 3 is 2.21 bits per heavy atom. The third kappa shape index (κ3) is 5.80. The molecule has 0 unspecified atom stereocenters. The second-order valence-corrected chi connectivity index (χ2v) is 8.09. The van der Waals surface area contributed by atoms with E-state index in [0.29, 0.717) is 0 Å². The average Bonchev–Trinajstić information content (AvgIpc) is 3.15.